The maximum atomic E-state index is 4.70. The molecule has 3 nitrogen and oxygen atoms in total. The first-order valence-corrected chi connectivity index (χ1v) is 8.71. The van der Waals surface area contributed by atoms with Gasteiger partial charge in [0.25, 0.3) is 0 Å². The minimum atomic E-state index is 0.633. The molecule has 1 N–H and O–H groups in total. The second-order valence-corrected chi connectivity index (χ2v) is 6.97. The van der Waals surface area contributed by atoms with Gasteiger partial charge in [-0.1, -0.05) is 32.8 Å². The maximum absolute atomic E-state index is 4.70. The SMILES string of the molecule is CC1CCCC(NCc2csc(-c3ccccn3)n2)C1C. The lowest BCUT2D eigenvalue weighted by Gasteiger charge is -2.34. The summed E-state index contributed by atoms with van der Waals surface area (Å²) in [5.41, 5.74) is 2.10. The molecule has 0 aromatic carbocycles. The Bertz CT molecular complexity index is 566. The number of aromatic nitrogens is 2. The van der Waals surface area contributed by atoms with Gasteiger partial charge in [-0.15, -0.1) is 11.3 Å². The topological polar surface area (TPSA) is 37.8 Å². The highest BCUT2D eigenvalue weighted by atomic mass is 32.1. The van der Waals surface area contributed by atoms with Crippen LogP contribution in [-0.2, 0) is 6.54 Å². The lowest BCUT2D eigenvalue weighted by Crippen LogP contribution is -2.40. The van der Waals surface area contributed by atoms with Crippen molar-refractivity contribution >= 4 is 11.3 Å². The van der Waals surface area contributed by atoms with Crippen LogP contribution in [0.25, 0.3) is 10.7 Å². The van der Waals surface area contributed by atoms with E-state index in [4.69, 9.17) is 4.98 Å². The van der Waals surface area contributed by atoms with Gasteiger partial charge in [-0.2, -0.15) is 0 Å². The van der Waals surface area contributed by atoms with E-state index < -0.39 is 0 Å². The maximum Gasteiger partial charge on any atom is 0.142 e. The fraction of sp³-hybridized carbons (Fsp3) is 0.529. The molecule has 1 saturated carbocycles. The summed E-state index contributed by atoms with van der Waals surface area (Å²) in [6.45, 7) is 5.62. The summed E-state index contributed by atoms with van der Waals surface area (Å²) < 4.78 is 0. The van der Waals surface area contributed by atoms with Crippen LogP contribution in [0.4, 0.5) is 0 Å². The zero-order chi connectivity index (χ0) is 14.7. The van der Waals surface area contributed by atoms with E-state index in [0.29, 0.717) is 6.04 Å². The van der Waals surface area contributed by atoms with Gasteiger partial charge in [0.15, 0.2) is 0 Å². The summed E-state index contributed by atoms with van der Waals surface area (Å²) in [5, 5.41) is 6.86. The van der Waals surface area contributed by atoms with Crippen LogP contribution < -0.4 is 5.32 Å². The first kappa shape index (κ1) is 14.7. The third-order valence-corrected chi connectivity index (χ3v) is 5.60. The van der Waals surface area contributed by atoms with Crippen molar-refractivity contribution in [3.8, 4) is 10.7 Å². The van der Waals surface area contributed by atoms with Crippen molar-refractivity contribution in [2.24, 2.45) is 11.8 Å². The van der Waals surface area contributed by atoms with Crippen LogP contribution in [0.5, 0.6) is 0 Å². The number of rotatable bonds is 4. The van der Waals surface area contributed by atoms with E-state index >= 15 is 0 Å². The van der Waals surface area contributed by atoms with Gasteiger partial charge in [0.2, 0.25) is 0 Å². The van der Waals surface area contributed by atoms with E-state index in [-0.39, 0.29) is 0 Å². The Morgan fingerprint density at radius 1 is 1.29 bits per heavy atom. The number of nitrogens with one attached hydrogen (secondary N) is 1. The molecule has 0 saturated heterocycles. The molecule has 0 spiro atoms. The van der Waals surface area contributed by atoms with Gasteiger partial charge in [0.1, 0.15) is 5.01 Å². The Labute approximate surface area is 130 Å². The molecular formula is C17H23N3S. The molecule has 1 aliphatic rings. The molecule has 112 valence electrons. The molecule has 0 amide bonds. The van der Waals surface area contributed by atoms with Crippen LogP contribution in [0, 0.1) is 11.8 Å². The van der Waals surface area contributed by atoms with Gasteiger partial charge in [-0.25, -0.2) is 4.98 Å². The summed E-state index contributed by atoms with van der Waals surface area (Å²) in [5.74, 6) is 1.59. The third-order valence-electron chi connectivity index (χ3n) is 4.69. The molecule has 0 bridgehead atoms. The van der Waals surface area contributed by atoms with E-state index in [2.05, 4.69) is 29.5 Å². The molecule has 1 fully saturated rings. The Balaban J connectivity index is 1.60. The summed E-state index contributed by atoms with van der Waals surface area (Å²) in [7, 11) is 0. The zero-order valence-corrected chi connectivity index (χ0v) is 13.6. The van der Waals surface area contributed by atoms with Crippen molar-refractivity contribution in [3.63, 3.8) is 0 Å². The van der Waals surface area contributed by atoms with Crippen molar-refractivity contribution in [1.82, 2.24) is 15.3 Å². The monoisotopic (exact) mass is 301 g/mol. The van der Waals surface area contributed by atoms with Gasteiger partial charge in [-0.05, 0) is 30.4 Å². The first-order valence-electron chi connectivity index (χ1n) is 7.83. The zero-order valence-electron chi connectivity index (χ0n) is 12.7. The van der Waals surface area contributed by atoms with Crippen LogP contribution in [0.3, 0.4) is 0 Å². The molecule has 0 radical (unpaired) electrons. The van der Waals surface area contributed by atoms with Crippen LogP contribution >= 0.6 is 11.3 Å². The molecule has 3 rings (SSSR count). The van der Waals surface area contributed by atoms with Crippen LogP contribution in [0.1, 0.15) is 38.8 Å². The van der Waals surface area contributed by atoms with Crippen LogP contribution in [-0.4, -0.2) is 16.0 Å². The Morgan fingerprint density at radius 2 is 2.19 bits per heavy atom. The molecular weight excluding hydrogens is 278 g/mol. The van der Waals surface area contributed by atoms with E-state index in [1.54, 1.807) is 11.3 Å². The summed E-state index contributed by atoms with van der Waals surface area (Å²) in [4.78, 5) is 9.06. The Morgan fingerprint density at radius 3 is 3.00 bits per heavy atom. The van der Waals surface area contributed by atoms with Crippen molar-refractivity contribution < 1.29 is 0 Å². The average molecular weight is 301 g/mol. The van der Waals surface area contributed by atoms with Crippen molar-refractivity contribution in [2.75, 3.05) is 0 Å². The summed E-state index contributed by atoms with van der Waals surface area (Å²) in [6.07, 6.45) is 5.84. The van der Waals surface area contributed by atoms with Crippen LogP contribution in [0.2, 0.25) is 0 Å². The van der Waals surface area contributed by atoms with Gasteiger partial charge in [0, 0.05) is 24.2 Å². The lowest BCUT2D eigenvalue weighted by molar-refractivity contribution is 0.205. The standard InChI is InChI=1S/C17H23N3S/c1-12-6-5-8-15(13(12)2)19-10-14-11-21-17(20-14)16-7-3-4-9-18-16/h3-4,7,9,11-13,15,19H,5-6,8,10H2,1-2H3. The number of thiazole rings is 1. The van der Waals surface area contributed by atoms with Gasteiger partial charge >= 0.3 is 0 Å². The Kier molecular flexibility index (Phi) is 4.66. The molecule has 3 atom stereocenters. The number of pyridine rings is 1. The second kappa shape index (κ2) is 6.67. The fourth-order valence-corrected chi connectivity index (χ4v) is 3.90. The first-order chi connectivity index (χ1) is 10.2. The smallest absolute Gasteiger partial charge is 0.142 e. The molecule has 0 aliphatic heterocycles. The molecule has 21 heavy (non-hydrogen) atoms. The number of hydrogen-bond acceptors (Lipinski definition) is 4. The van der Waals surface area contributed by atoms with Crippen molar-refractivity contribution in [1.29, 1.82) is 0 Å². The third kappa shape index (κ3) is 3.50. The number of hydrogen-bond donors (Lipinski definition) is 1. The predicted octanol–water partition coefficient (Wildman–Crippen LogP) is 4.12. The largest absolute Gasteiger partial charge is 0.308 e. The number of nitrogens with zero attached hydrogens (tertiary/aromatic N) is 2. The van der Waals surface area contributed by atoms with Gasteiger partial charge < -0.3 is 5.32 Å². The normalized spacial score (nSPS) is 25.9. The van der Waals surface area contributed by atoms with Crippen molar-refractivity contribution in [3.05, 3.63) is 35.5 Å². The fourth-order valence-electron chi connectivity index (χ4n) is 3.10. The Hall–Kier alpha value is -1.26. The lowest BCUT2D eigenvalue weighted by atomic mass is 9.78. The minimum Gasteiger partial charge on any atom is -0.308 e. The molecule has 2 aromatic heterocycles. The highest BCUT2D eigenvalue weighted by Gasteiger charge is 2.26. The van der Waals surface area contributed by atoms with Gasteiger partial charge in [0.05, 0.1) is 11.4 Å². The molecule has 4 heteroatoms. The summed E-state index contributed by atoms with van der Waals surface area (Å²) in [6, 6.07) is 6.59. The van der Waals surface area contributed by atoms with Gasteiger partial charge in [-0.3, -0.25) is 4.98 Å². The minimum absolute atomic E-state index is 0.633. The molecule has 2 heterocycles. The predicted molar refractivity (Wildman–Crippen MR) is 88.2 cm³/mol. The molecule has 2 aromatic rings. The van der Waals surface area contributed by atoms with E-state index in [0.717, 1.165) is 34.8 Å². The van der Waals surface area contributed by atoms with Crippen molar-refractivity contribution in [2.45, 2.75) is 45.7 Å². The highest BCUT2D eigenvalue weighted by molar-refractivity contribution is 7.13. The second-order valence-electron chi connectivity index (χ2n) is 6.11. The van der Waals surface area contributed by atoms with E-state index in [1.165, 1.54) is 19.3 Å². The average Bonchev–Trinajstić information content (AvgIpc) is 2.99. The van der Waals surface area contributed by atoms with E-state index in [9.17, 15) is 0 Å². The van der Waals surface area contributed by atoms with Crippen LogP contribution in [0.15, 0.2) is 29.8 Å². The summed E-state index contributed by atoms with van der Waals surface area (Å²) >= 11 is 1.68. The molecule has 1 aliphatic carbocycles. The molecule has 3 unspecified atom stereocenters. The highest BCUT2D eigenvalue weighted by Crippen LogP contribution is 2.30. The quantitative estimate of drug-likeness (QED) is 0.923. The van der Waals surface area contributed by atoms with E-state index in [1.807, 2.05) is 24.4 Å².